The Morgan fingerprint density at radius 3 is 2.57 bits per heavy atom. The first-order chi connectivity index (χ1) is 10.8. The Kier molecular flexibility index (Phi) is 13.9. The molecule has 3 N–H and O–H groups in total. The van der Waals surface area contributed by atoms with Crippen LogP contribution >= 0.6 is 24.0 Å². The zero-order chi connectivity index (χ0) is 16.0. The van der Waals surface area contributed by atoms with Crippen LogP contribution in [0, 0.1) is 0 Å². The lowest BCUT2D eigenvalue weighted by Crippen LogP contribution is -2.32. The smallest absolute Gasteiger partial charge is 0.188 e. The van der Waals surface area contributed by atoms with Crippen LogP contribution in [0.1, 0.15) is 18.9 Å². The van der Waals surface area contributed by atoms with E-state index in [-0.39, 0.29) is 24.0 Å². The number of rotatable bonds is 11. The topological polar surface area (TPSA) is 78.1 Å². The summed E-state index contributed by atoms with van der Waals surface area (Å²) >= 11 is 0. The molecule has 23 heavy (non-hydrogen) atoms. The summed E-state index contributed by atoms with van der Waals surface area (Å²) in [5.74, 6) is 1.28. The Hall–Kier alpha value is -1.06. The van der Waals surface area contributed by atoms with Crippen LogP contribution in [0.2, 0.25) is 0 Å². The van der Waals surface area contributed by atoms with Gasteiger partial charge in [0, 0.05) is 26.9 Å². The zero-order valence-corrected chi connectivity index (χ0v) is 16.2. The molecule has 0 saturated carbocycles. The molecule has 0 heterocycles. The van der Waals surface area contributed by atoms with E-state index in [2.05, 4.69) is 10.3 Å². The fourth-order valence-corrected chi connectivity index (χ4v) is 1.70. The number of benzene rings is 1. The third-order valence-electron chi connectivity index (χ3n) is 2.89. The molecule has 0 spiro atoms. The summed E-state index contributed by atoms with van der Waals surface area (Å²) in [5.41, 5.74) is 6.89. The summed E-state index contributed by atoms with van der Waals surface area (Å²) in [6.07, 6.45) is 0.914. The predicted molar refractivity (Wildman–Crippen MR) is 104 cm³/mol. The van der Waals surface area contributed by atoms with Gasteiger partial charge < -0.3 is 25.3 Å². The van der Waals surface area contributed by atoms with Crippen LogP contribution in [0.5, 0.6) is 5.75 Å². The molecule has 1 rings (SSSR count). The molecule has 0 fully saturated rings. The van der Waals surface area contributed by atoms with Gasteiger partial charge >= 0.3 is 0 Å². The molecule has 0 aliphatic carbocycles. The lowest BCUT2D eigenvalue weighted by Gasteiger charge is -2.07. The van der Waals surface area contributed by atoms with E-state index in [4.69, 9.17) is 19.9 Å². The number of nitrogens with zero attached hydrogens (tertiary/aromatic N) is 1. The minimum Gasteiger partial charge on any atom is -0.491 e. The fourth-order valence-electron chi connectivity index (χ4n) is 1.70. The van der Waals surface area contributed by atoms with Gasteiger partial charge in [-0.25, -0.2) is 4.99 Å². The molecule has 0 aromatic heterocycles. The standard InChI is InChI=1S/C16H27N3O3.HI/c1-3-21-10-4-9-18-16(17)19-13-14-5-7-15(8-6-14)22-12-11-20-2;/h5-8H,3-4,9-13H2,1-2H3,(H3,17,18,19);1H. The molecule has 7 heteroatoms. The van der Waals surface area contributed by atoms with Crippen molar-refractivity contribution in [2.45, 2.75) is 19.9 Å². The van der Waals surface area contributed by atoms with Crippen molar-refractivity contribution < 1.29 is 14.2 Å². The first-order valence-electron chi connectivity index (χ1n) is 7.58. The minimum absolute atomic E-state index is 0. The summed E-state index contributed by atoms with van der Waals surface area (Å²) in [7, 11) is 1.65. The van der Waals surface area contributed by atoms with E-state index in [0.717, 1.165) is 37.5 Å². The number of hydrogen-bond donors (Lipinski definition) is 2. The van der Waals surface area contributed by atoms with Gasteiger partial charge in [0.25, 0.3) is 0 Å². The average Bonchev–Trinajstić information content (AvgIpc) is 2.54. The monoisotopic (exact) mass is 437 g/mol. The number of halogens is 1. The van der Waals surface area contributed by atoms with Crippen molar-refractivity contribution in [1.29, 1.82) is 0 Å². The second-order valence-electron chi connectivity index (χ2n) is 4.66. The van der Waals surface area contributed by atoms with Crippen molar-refractivity contribution in [1.82, 2.24) is 5.32 Å². The van der Waals surface area contributed by atoms with Gasteiger partial charge in [0.1, 0.15) is 12.4 Å². The van der Waals surface area contributed by atoms with Crippen LogP contribution in [-0.4, -0.2) is 46.0 Å². The molecule has 1 aromatic carbocycles. The van der Waals surface area contributed by atoms with E-state index >= 15 is 0 Å². The molecule has 0 radical (unpaired) electrons. The minimum atomic E-state index is 0. The summed E-state index contributed by atoms with van der Waals surface area (Å²) < 4.78 is 15.7. The Morgan fingerprint density at radius 2 is 1.91 bits per heavy atom. The average molecular weight is 437 g/mol. The molecule has 1 aromatic rings. The van der Waals surface area contributed by atoms with Crippen LogP contribution in [0.15, 0.2) is 29.3 Å². The Labute approximate surface area is 155 Å². The number of ether oxygens (including phenoxy) is 3. The van der Waals surface area contributed by atoms with Gasteiger partial charge in [0.15, 0.2) is 5.96 Å². The second-order valence-corrected chi connectivity index (χ2v) is 4.66. The molecule has 0 bridgehead atoms. The summed E-state index contributed by atoms with van der Waals surface area (Å²) in [4.78, 5) is 4.30. The highest BCUT2D eigenvalue weighted by Gasteiger charge is 1.96. The molecular weight excluding hydrogens is 409 g/mol. The Balaban J connectivity index is 0.00000484. The SMILES string of the molecule is CCOCCCNC(N)=NCc1ccc(OCCOC)cc1.I. The van der Waals surface area contributed by atoms with Gasteiger partial charge in [-0.05, 0) is 31.0 Å². The van der Waals surface area contributed by atoms with Crippen LogP contribution in [-0.2, 0) is 16.0 Å². The molecule has 0 aliphatic rings. The zero-order valence-electron chi connectivity index (χ0n) is 13.9. The van der Waals surface area contributed by atoms with Crippen molar-refractivity contribution in [2.75, 3.05) is 40.1 Å². The van der Waals surface area contributed by atoms with Gasteiger partial charge in [-0.2, -0.15) is 0 Å². The molecule has 0 unspecified atom stereocenters. The Bertz CT molecular complexity index is 427. The molecule has 132 valence electrons. The van der Waals surface area contributed by atoms with Crippen molar-refractivity contribution in [2.24, 2.45) is 10.7 Å². The van der Waals surface area contributed by atoms with E-state index in [1.165, 1.54) is 0 Å². The summed E-state index contributed by atoms with van der Waals surface area (Å²) in [5, 5.41) is 3.07. The highest BCUT2D eigenvalue weighted by Crippen LogP contribution is 2.12. The third kappa shape index (κ3) is 11.2. The Morgan fingerprint density at radius 1 is 1.17 bits per heavy atom. The molecule has 0 atom stereocenters. The maximum atomic E-state index is 5.81. The molecule has 0 saturated heterocycles. The largest absolute Gasteiger partial charge is 0.491 e. The number of methoxy groups -OCH3 is 1. The van der Waals surface area contributed by atoms with Gasteiger partial charge in [-0.1, -0.05) is 12.1 Å². The molecule has 6 nitrogen and oxygen atoms in total. The second kappa shape index (κ2) is 14.5. The normalized spacial score (nSPS) is 11.0. The van der Waals surface area contributed by atoms with Crippen LogP contribution < -0.4 is 15.8 Å². The van der Waals surface area contributed by atoms with Crippen LogP contribution in [0.3, 0.4) is 0 Å². The van der Waals surface area contributed by atoms with Crippen LogP contribution in [0.4, 0.5) is 0 Å². The number of nitrogens with one attached hydrogen (secondary N) is 1. The van der Waals surface area contributed by atoms with Gasteiger partial charge in [0.05, 0.1) is 13.2 Å². The van der Waals surface area contributed by atoms with Crippen molar-refractivity contribution in [3.63, 3.8) is 0 Å². The fraction of sp³-hybridized carbons (Fsp3) is 0.562. The first-order valence-corrected chi connectivity index (χ1v) is 7.58. The van der Waals surface area contributed by atoms with E-state index in [1.807, 2.05) is 31.2 Å². The van der Waals surface area contributed by atoms with Gasteiger partial charge in [0.2, 0.25) is 0 Å². The number of aliphatic imine (C=N–C) groups is 1. The molecular formula is C16H28IN3O3. The van der Waals surface area contributed by atoms with E-state index in [1.54, 1.807) is 7.11 Å². The maximum Gasteiger partial charge on any atom is 0.188 e. The van der Waals surface area contributed by atoms with Gasteiger partial charge in [-0.3, -0.25) is 0 Å². The van der Waals surface area contributed by atoms with Gasteiger partial charge in [-0.15, -0.1) is 24.0 Å². The number of nitrogens with two attached hydrogens (primary N) is 1. The quantitative estimate of drug-likeness (QED) is 0.240. The summed E-state index contributed by atoms with van der Waals surface area (Å²) in [6.45, 7) is 5.90. The van der Waals surface area contributed by atoms with Crippen molar-refractivity contribution in [3.05, 3.63) is 29.8 Å². The number of hydrogen-bond acceptors (Lipinski definition) is 4. The predicted octanol–water partition coefficient (Wildman–Crippen LogP) is 2.16. The van der Waals surface area contributed by atoms with E-state index in [0.29, 0.717) is 25.7 Å². The van der Waals surface area contributed by atoms with E-state index < -0.39 is 0 Å². The van der Waals surface area contributed by atoms with E-state index in [9.17, 15) is 0 Å². The third-order valence-corrected chi connectivity index (χ3v) is 2.89. The highest BCUT2D eigenvalue weighted by molar-refractivity contribution is 14.0. The number of guanidine groups is 1. The lowest BCUT2D eigenvalue weighted by molar-refractivity contribution is 0.145. The lowest BCUT2D eigenvalue weighted by atomic mass is 10.2. The van der Waals surface area contributed by atoms with Crippen molar-refractivity contribution >= 4 is 29.9 Å². The highest BCUT2D eigenvalue weighted by atomic mass is 127. The first kappa shape index (κ1) is 21.9. The van der Waals surface area contributed by atoms with Crippen molar-refractivity contribution in [3.8, 4) is 5.75 Å². The summed E-state index contributed by atoms with van der Waals surface area (Å²) in [6, 6.07) is 7.81. The molecule has 0 aliphatic heterocycles. The molecule has 0 amide bonds. The maximum absolute atomic E-state index is 5.81. The van der Waals surface area contributed by atoms with Crippen LogP contribution in [0.25, 0.3) is 0 Å².